The van der Waals surface area contributed by atoms with Crippen molar-refractivity contribution >= 4 is 21.9 Å². The molecule has 0 amide bonds. The van der Waals surface area contributed by atoms with E-state index < -0.39 is 0 Å². The normalized spacial score (nSPS) is 11.8. The van der Waals surface area contributed by atoms with Crippen molar-refractivity contribution in [1.82, 2.24) is 4.57 Å². The van der Waals surface area contributed by atoms with Crippen molar-refractivity contribution in [1.29, 1.82) is 0 Å². The zero-order chi connectivity index (χ0) is 30.6. The Hall–Kier alpha value is -5.80. The van der Waals surface area contributed by atoms with Crippen molar-refractivity contribution in [3.8, 4) is 61.8 Å². The third kappa shape index (κ3) is 4.60. The lowest BCUT2D eigenvalue weighted by Gasteiger charge is -2.12. The highest BCUT2D eigenvalue weighted by atomic mass is 16.5. The summed E-state index contributed by atoms with van der Waals surface area (Å²) in [6, 6.07) is 49.1. The van der Waals surface area contributed by atoms with Gasteiger partial charge in [0.2, 0.25) is 0 Å². The Morgan fingerprint density at radius 3 is 1.85 bits per heavy atom. The Morgan fingerprint density at radius 2 is 1.15 bits per heavy atom. The van der Waals surface area contributed by atoms with E-state index in [4.69, 9.17) is 9.15 Å². The summed E-state index contributed by atoms with van der Waals surface area (Å²) in [5, 5.41) is 2.27. The molecule has 1 aromatic heterocycles. The van der Waals surface area contributed by atoms with E-state index in [0.717, 1.165) is 68.5 Å². The monoisotopic (exact) mass is 593 g/mol. The predicted octanol–water partition coefficient (Wildman–Crippen LogP) is 12.1. The summed E-state index contributed by atoms with van der Waals surface area (Å²) >= 11 is 0. The van der Waals surface area contributed by atoms with Crippen LogP contribution in [-0.2, 0) is 6.42 Å². The molecule has 0 saturated carbocycles. The van der Waals surface area contributed by atoms with Crippen LogP contribution in [0, 0.1) is 0 Å². The molecule has 0 unspecified atom stereocenters. The molecular formula is C43H31NO2. The van der Waals surface area contributed by atoms with Crippen LogP contribution in [0.3, 0.4) is 0 Å². The number of fused-ring (bicyclic) bond motifs is 4. The number of benzene rings is 6. The highest BCUT2D eigenvalue weighted by molar-refractivity contribution is 6.05. The number of ether oxygens (including phenoxy) is 1. The van der Waals surface area contributed by atoms with Gasteiger partial charge >= 0.3 is 0 Å². The quantitative estimate of drug-likeness (QED) is 0.175. The molecule has 3 heteroatoms. The zero-order valence-corrected chi connectivity index (χ0v) is 25.5. The summed E-state index contributed by atoms with van der Waals surface area (Å²) in [5.41, 5.74) is 14.2. The minimum absolute atomic E-state index is 0.794. The van der Waals surface area contributed by atoms with E-state index in [-0.39, 0.29) is 0 Å². The van der Waals surface area contributed by atoms with Gasteiger partial charge in [-0.15, -0.1) is 0 Å². The first-order valence-electron chi connectivity index (χ1n) is 16.0. The number of para-hydroxylation sites is 1. The molecule has 0 bridgehead atoms. The largest absolute Gasteiger partial charge is 0.457 e. The lowest BCUT2D eigenvalue weighted by Crippen LogP contribution is -1.90. The third-order valence-corrected chi connectivity index (χ3v) is 9.10. The maximum absolute atomic E-state index is 6.43. The zero-order valence-electron chi connectivity index (χ0n) is 25.5. The van der Waals surface area contributed by atoms with E-state index in [9.17, 15) is 0 Å². The molecule has 0 saturated heterocycles. The van der Waals surface area contributed by atoms with Gasteiger partial charge in [0, 0.05) is 22.5 Å². The predicted molar refractivity (Wildman–Crippen MR) is 189 cm³/mol. The fourth-order valence-corrected chi connectivity index (χ4v) is 6.70. The molecular weight excluding hydrogens is 562 g/mol. The fraction of sp³-hybridized carbons (Fsp3) is 0.0698. The van der Waals surface area contributed by atoms with E-state index in [0.29, 0.717) is 0 Å². The van der Waals surface area contributed by atoms with Crippen LogP contribution in [0.5, 0.6) is 11.5 Å². The van der Waals surface area contributed by atoms with E-state index in [2.05, 4.69) is 121 Å². The van der Waals surface area contributed by atoms with Crippen molar-refractivity contribution in [3.05, 3.63) is 151 Å². The van der Waals surface area contributed by atoms with Crippen LogP contribution in [0.2, 0.25) is 0 Å². The van der Waals surface area contributed by atoms with E-state index in [1.165, 1.54) is 33.6 Å². The molecule has 0 spiro atoms. The number of nitrogens with zero attached hydrogens (tertiary/aromatic N) is 1. The molecule has 2 aliphatic rings. The van der Waals surface area contributed by atoms with Gasteiger partial charge in [0.25, 0.3) is 0 Å². The SMILES string of the molecule is CCCc1ccc(-c2cccc(-c3cccc(Oc4cccc(-c5ccc6c(c5)oc5ccccc56)c4)c3)c2)cc1-c1c2ccn1-2. The smallest absolute Gasteiger partial charge is 0.136 e. The van der Waals surface area contributed by atoms with Gasteiger partial charge in [-0.3, -0.25) is 0 Å². The van der Waals surface area contributed by atoms with E-state index >= 15 is 0 Å². The Balaban J connectivity index is 0.989. The summed E-state index contributed by atoms with van der Waals surface area (Å²) < 4.78 is 14.9. The number of hydrogen-bond acceptors (Lipinski definition) is 2. The average Bonchev–Trinajstić information content (AvgIpc) is 3.43. The molecule has 7 aromatic rings. The van der Waals surface area contributed by atoms with Crippen LogP contribution < -0.4 is 4.74 Å². The van der Waals surface area contributed by atoms with Crippen molar-refractivity contribution in [2.75, 3.05) is 0 Å². The van der Waals surface area contributed by atoms with Gasteiger partial charge in [0.05, 0.1) is 11.4 Å². The third-order valence-electron chi connectivity index (χ3n) is 9.10. The minimum atomic E-state index is 0.794. The number of rotatable bonds is 8. The molecule has 0 radical (unpaired) electrons. The summed E-state index contributed by atoms with van der Waals surface area (Å²) in [5.74, 6) is 1.60. The van der Waals surface area contributed by atoms with Gasteiger partial charge in [0.1, 0.15) is 22.7 Å². The number of aromatic nitrogens is 1. The van der Waals surface area contributed by atoms with Gasteiger partial charge in [-0.1, -0.05) is 92.2 Å². The van der Waals surface area contributed by atoms with Crippen LogP contribution in [0.1, 0.15) is 18.9 Å². The second kappa shape index (κ2) is 10.7. The van der Waals surface area contributed by atoms with Gasteiger partial charge in [-0.05, 0) is 106 Å². The standard InChI is InChI=1S/C43H31NO2/c1-2-8-28-17-18-33(26-39(28)43-40-21-22-44(40)43)30-10-5-9-29(23-30)31-11-6-13-35(24-31)45-36-14-7-12-32(25-36)34-19-20-38-37-15-3-4-16-41(37)46-42(38)27-34/h3-7,9-27H,2,8H2,1H3. The van der Waals surface area contributed by atoms with Crippen LogP contribution in [0.25, 0.3) is 72.3 Å². The first-order chi connectivity index (χ1) is 22.7. The Bertz CT molecular complexity index is 2410. The summed E-state index contributed by atoms with van der Waals surface area (Å²) in [6.07, 6.45) is 4.38. The topological polar surface area (TPSA) is 27.3 Å². The maximum atomic E-state index is 6.43. The molecule has 3 nitrogen and oxygen atoms in total. The second-order valence-electron chi connectivity index (χ2n) is 12.1. The molecule has 6 aromatic carbocycles. The highest BCUT2D eigenvalue weighted by Crippen LogP contribution is 2.45. The number of furan rings is 1. The molecule has 0 atom stereocenters. The van der Waals surface area contributed by atoms with Crippen molar-refractivity contribution < 1.29 is 9.15 Å². The van der Waals surface area contributed by atoms with Crippen LogP contribution >= 0.6 is 0 Å². The van der Waals surface area contributed by atoms with E-state index in [1.807, 2.05) is 36.4 Å². The number of aryl methyl sites for hydroxylation is 1. The molecule has 220 valence electrons. The lowest BCUT2D eigenvalue weighted by atomic mass is 9.94. The Kier molecular flexibility index (Phi) is 6.17. The Labute approximate surface area is 267 Å². The maximum Gasteiger partial charge on any atom is 0.136 e. The van der Waals surface area contributed by atoms with Crippen LogP contribution in [0.15, 0.2) is 150 Å². The van der Waals surface area contributed by atoms with Crippen LogP contribution in [-0.4, -0.2) is 4.57 Å². The molecule has 0 N–H and O–H groups in total. The van der Waals surface area contributed by atoms with Crippen molar-refractivity contribution in [2.45, 2.75) is 19.8 Å². The first-order valence-corrected chi connectivity index (χ1v) is 16.0. The van der Waals surface area contributed by atoms with Crippen molar-refractivity contribution in [3.63, 3.8) is 0 Å². The number of hydrogen-bond donors (Lipinski definition) is 0. The highest BCUT2D eigenvalue weighted by Gasteiger charge is 2.27. The average molecular weight is 594 g/mol. The van der Waals surface area contributed by atoms with E-state index in [1.54, 1.807) is 0 Å². The fourth-order valence-electron chi connectivity index (χ4n) is 6.70. The van der Waals surface area contributed by atoms with Crippen LogP contribution in [0.4, 0.5) is 0 Å². The first kappa shape index (κ1) is 26.6. The van der Waals surface area contributed by atoms with Gasteiger partial charge in [-0.2, -0.15) is 0 Å². The summed E-state index contributed by atoms with van der Waals surface area (Å²) in [4.78, 5) is 0. The van der Waals surface area contributed by atoms with Gasteiger partial charge in [0.15, 0.2) is 0 Å². The van der Waals surface area contributed by atoms with Gasteiger partial charge in [-0.25, -0.2) is 0 Å². The lowest BCUT2D eigenvalue weighted by molar-refractivity contribution is 0.483. The molecule has 3 heterocycles. The minimum Gasteiger partial charge on any atom is -0.457 e. The summed E-state index contributed by atoms with van der Waals surface area (Å²) in [7, 11) is 0. The Morgan fingerprint density at radius 1 is 0.543 bits per heavy atom. The molecule has 0 aliphatic carbocycles. The summed E-state index contributed by atoms with van der Waals surface area (Å²) in [6.45, 7) is 2.25. The van der Waals surface area contributed by atoms with Gasteiger partial charge < -0.3 is 13.7 Å². The molecule has 0 fully saturated rings. The molecule has 2 aliphatic heterocycles. The molecule has 46 heavy (non-hydrogen) atoms. The molecule has 9 rings (SSSR count). The second-order valence-corrected chi connectivity index (χ2v) is 12.1. The van der Waals surface area contributed by atoms with Crippen molar-refractivity contribution in [2.24, 2.45) is 0 Å².